The number of hydrogen-bond donors (Lipinski definition) is 1. The Morgan fingerprint density at radius 2 is 2.09 bits per heavy atom. The number of rotatable bonds is 2. The maximum Gasteiger partial charge on any atom is 0.151 e. The number of nitrogens with one attached hydrogen (secondary N) is 1. The molecule has 0 radical (unpaired) electrons. The first kappa shape index (κ1) is 13.9. The van der Waals surface area contributed by atoms with E-state index in [1.807, 2.05) is 25.1 Å². The van der Waals surface area contributed by atoms with Gasteiger partial charge in [0.2, 0.25) is 0 Å². The summed E-state index contributed by atoms with van der Waals surface area (Å²) in [5, 5.41) is 15.9. The zero-order chi connectivity index (χ0) is 15.8. The van der Waals surface area contributed by atoms with E-state index < -0.39 is 0 Å². The third-order valence-corrected chi connectivity index (χ3v) is 4.14. The number of benzene rings is 1. The van der Waals surface area contributed by atoms with Gasteiger partial charge in [-0.05, 0) is 31.2 Å². The summed E-state index contributed by atoms with van der Waals surface area (Å²) >= 11 is 0. The van der Waals surface area contributed by atoms with Gasteiger partial charge in [-0.3, -0.25) is 5.10 Å². The van der Waals surface area contributed by atoms with Gasteiger partial charge in [0.15, 0.2) is 5.82 Å². The minimum Gasteiger partial charge on any atom is -0.350 e. The molecule has 0 bridgehead atoms. The SMILES string of the molecule is Cc1ccc(N2CCc3[nH]nc(-c4cccc(F)c4)c3C2)nn1. The maximum absolute atomic E-state index is 13.5. The van der Waals surface area contributed by atoms with Crippen molar-refractivity contribution in [2.24, 2.45) is 0 Å². The molecule has 0 aliphatic carbocycles. The molecule has 0 saturated carbocycles. The fraction of sp³-hybridized carbons (Fsp3) is 0.235. The summed E-state index contributed by atoms with van der Waals surface area (Å²) in [7, 11) is 0. The Kier molecular flexibility index (Phi) is 3.29. The minimum absolute atomic E-state index is 0.253. The van der Waals surface area contributed by atoms with Gasteiger partial charge in [0.1, 0.15) is 5.82 Å². The molecule has 1 aromatic carbocycles. The van der Waals surface area contributed by atoms with Crippen LogP contribution in [0.25, 0.3) is 11.3 Å². The molecule has 1 aliphatic heterocycles. The zero-order valence-corrected chi connectivity index (χ0v) is 12.8. The Morgan fingerprint density at radius 1 is 1.17 bits per heavy atom. The number of aromatic nitrogens is 4. The number of fused-ring (bicyclic) bond motifs is 1. The Bertz CT molecular complexity index is 840. The lowest BCUT2D eigenvalue weighted by Crippen LogP contribution is -2.31. The van der Waals surface area contributed by atoms with Crippen LogP contribution in [0.1, 0.15) is 17.0 Å². The Balaban J connectivity index is 1.69. The van der Waals surface area contributed by atoms with Crippen molar-refractivity contribution in [3.05, 3.63) is 59.2 Å². The summed E-state index contributed by atoms with van der Waals surface area (Å²) < 4.78 is 13.5. The first-order valence-corrected chi connectivity index (χ1v) is 7.58. The van der Waals surface area contributed by atoms with Gasteiger partial charge < -0.3 is 4.90 Å². The molecule has 0 amide bonds. The van der Waals surface area contributed by atoms with Crippen LogP contribution in [0.4, 0.5) is 10.2 Å². The molecule has 0 atom stereocenters. The van der Waals surface area contributed by atoms with E-state index in [4.69, 9.17) is 0 Å². The summed E-state index contributed by atoms with van der Waals surface area (Å²) in [6, 6.07) is 10.5. The molecule has 6 heteroatoms. The van der Waals surface area contributed by atoms with Gasteiger partial charge in [-0.2, -0.15) is 10.2 Å². The molecule has 3 heterocycles. The highest BCUT2D eigenvalue weighted by molar-refractivity contribution is 5.65. The summed E-state index contributed by atoms with van der Waals surface area (Å²) in [5.74, 6) is 0.601. The fourth-order valence-electron chi connectivity index (χ4n) is 2.93. The molecule has 4 rings (SSSR count). The van der Waals surface area contributed by atoms with Crippen LogP contribution in [0.3, 0.4) is 0 Å². The number of halogens is 1. The van der Waals surface area contributed by atoms with Crippen LogP contribution in [0.5, 0.6) is 0 Å². The van der Waals surface area contributed by atoms with Crippen LogP contribution in [0, 0.1) is 12.7 Å². The van der Waals surface area contributed by atoms with E-state index in [9.17, 15) is 4.39 Å². The van der Waals surface area contributed by atoms with Gasteiger partial charge in [-0.15, -0.1) is 5.10 Å². The van der Waals surface area contributed by atoms with Crippen molar-refractivity contribution >= 4 is 5.82 Å². The lowest BCUT2D eigenvalue weighted by molar-refractivity contribution is 0.628. The lowest BCUT2D eigenvalue weighted by atomic mass is 10.0. The molecule has 0 unspecified atom stereocenters. The van der Waals surface area contributed by atoms with Gasteiger partial charge in [-0.25, -0.2) is 4.39 Å². The largest absolute Gasteiger partial charge is 0.350 e. The van der Waals surface area contributed by atoms with E-state index in [0.29, 0.717) is 6.54 Å². The summed E-state index contributed by atoms with van der Waals surface area (Å²) in [5.41, 5.74) is 4.71. The minimum atomic E-state index is -0.253. The van der Waals surface area contributed by atoms with E-state index in [1.165, 1.54) is 12.1 Å². The summed E-state index contributed by atoms with van der Waals surface area (Å²) in [6.07, 6.45) is 0.854. The van der Waals surface area contributed by atoms with Crippen molar-refractivity contribution in [1.29, 1.82) is 0 Å². The number of nitrogens with zero attached hydrogens (tertiary/aromatic N) is 4. The normalized spacial score (nSPS) is 13.9. The van der Waals surface area contributed by atoms with Crippen molar-refractivity contribution in [2.75, 3.05) is 11.4 Å². The second kappa shape index (κ2) is 5.46. The predicted octanol–water partition coefficient (Wildman–Crippen LogP) is 2.88. The Hall–Kier alpha value is -2.76. The molecule has 2 aromatic heterocycles. The van der Waals surface area contributed by atoms with Crippen LogP contribution in [0.2, 0.25) is 0 Å². The average molecular weight is 309 g/mol. The highest BCUT2D eigenvalue weighted by Gasteiger charge is 2.23. The molecule has 0 spiro atoms. The average Bonchev–Trinajstić information content (AvgIpc) is 2.98. The second-order valence-corrected chi connectivity index (χ2v) is 5.74. The molecule has 0 saturated heterocycles. The standard InChI is InChI=1S/C17H16FN5/c1-11-5-6-16(21-19-11)23-8-7-15-14(10-23)17(22-20-15)12-3-2-4-13(18)9-12/h2-6,9H,7-8,10H2,1H3,(H,20,22). The van der Waals surface area contributed by atoms with Crippen LogP contribution in [0.15, 0.2) is 36.4 Å². The van der Waals surface area contributed by atoms with E-state index in [1.54, 1.807) is 6.07 Å². The quantitative estimate of drug-likeness (QED) is 0.791. The van der Waals surface area contributed by atoms with Crippen LogP contribution in [-0.4, -0.2) is 26.9 Å². The highest BCUT2D eigenvalue weighted by atomic mass is 19.1. The van der Waals surface area contributed by atoms with Gasteiger partial charge in [-0.1, -0.05) is 12.1 Å². The van der Waals surface area contributed by atoms with Gasteiger partial charge >= 0.3 is 0 Å². The molecule has 0 fully saturated rings. The predicted molar refractivity (Wildman–Crippen MR) is 85.5 cm³/mol. The molecule has 3 aromatic rings. The highest BCUT2D eigenvalue weighted by Crippen LogP contribution is 2.30. The van der Waals surface area contributed by atoms with Crippen LogP contribution >= 0.6 is 0 Å². The maximum atomic E-state index is 13.5. The number of H-pyrrole nitrogens is 1. The van der Waals surface area contributed by atoms with Crippen LogP contribution < -0.4 is 4.90 Å². The number of aromatic amines is 1. The van der Waals surface area contributed by atoms with Gasteiger partial charge in [0.05, 0.1) is 11.4 Å². The van der Waals surface area contributed by atoms with Crippen LogP contribution in [-0.2, 0) is 13.0 Å². The summed E-state index contributed by atoms with van der Waals surface area (Å²) in [6.45, 7) is 3.47. The van der Waals surface area contributed by atoms with Crippen molar-refractivity contribution in [3.63, 3.8) is 0 Å². The van der Waals surface area contributed by atoms with Crippen molar-refractivity contribution in [3.8, 4) is 11.3 Å². The molecule has 1 aliphatic rings. The van der Waals surface area contributed by atoms with Gasteiger partial charge in [0, 0.05) is 36.3 Å². The van der Waals surface area contributed by atoms with Crippen molar-refractivity contribution < 1.29 is 4.39 Å². The third kappa shape index (κ3) is 2.56. The smallest absolute Gasteiger partial charge is 0.151 e. The molecular formula is C17H16FN5. The number of anilines is 1. The number of aryl methyl sites for hydroxylation is 1. The molecule has 5 nitrogen and oxygen atoms in total. The van der Waals surface area contributed by atoms with E-state index >= 15 is 0 Å². The first-order chi connectivity index (χ1) is 11.2. The zero-order valence-electron chi connectivity index (χ0n) is 12.8. The molecule has 23 heavy (non-hydrogen) atoms. The monoisotopic (exact) mass is 309 g/mol. The van der Waals surface area contributed by atoms with E-state index in [0.717, 1.165) is 47.0 Å². The molecular weight excluding hydrogens is 293 g/mol. The first-order valence-electron chi connectivity index (χ1n) is 7.58. The third-order valence-electron chi connectivity index (χ3n) is 4.14. The van der Waals surface area contributed by atoms with E-state index in [-0.39, 0.29) is 5.82 Å². The van der Waals surface area contributed by atoms with Gasteiger partial charge in [0.25, 0.3) is 0 Å². The Morgan fingerprint density at radius 3 is 2.87 bits per heavy atom. The topological polar surface area (TPSA) is 57.7 Å². The summed E-state index contributed by atoms with van der Waals surface area (Å²) in [4.78, 5) is 2.17. The second-order valence-electron chi connectivity index (χ2n) is 5.74. The lowest BCUT2D eigenvalue weighted by Gasteiger charge is -2.27. The molecule has 1 N–H and O–H groups in total. The number of hydrogen-bond acceptors (Lipinski definition) is 4. The van der Waals surface area contributed by atoms with Crippen molar-refractivity contribution in [1.82, 2.24) is 20.4 Å². The van der Waals surface area contributed by atoms with E-state index in [2.05, 4.69) is 25.3 Å². The van der Waals surface area contributed by atoms with Crippen molar-refractivity contribution in [2.45, 2.75) is 19.9 Å². The fourth-order valence-corrected chi connectivity index (χ4v) is 2.93. The Labute approximate surface area is 133 Å². The molecule has 116 valence electrons.